The van der Waals surface area contributed by atoms with Crippen molar-refractivity contribution in [2.45, 2.75) is 48.7 Å². The minimum Gasteiger partial charge on any atom is -0.348 e. The van der Waals surface area contributed by atoms with E-state index in [0.717, 1.165) is 42.5 Å². The number of hydrogen-bond donors (Lipinski definition) is 2. The lowest BCUT2D eigenvalue weighted by Crippen LogP contribution is -2.22. The van der Waals surface area contributed by atoms with Crippen LogP contribution in [0.4, 0.5) is 0 Å². The van der Waals surface area contributed by atoms with Gasteiger partial charge < -0.3 is 9.88 Å². The van der Waals surface area contributed by atoms with E-state index in [-0.39, 0.29) is 22.4 Å². The quantitative estimate of drug-likeness (QED) is 0.482. The van der Waals surface area contributed by atoms with Crippen molar-refractivity contribution in [3.8, 4) is 0 Å². The fourth-order valence-electron chi connectivity index (χ4n) is 3.93. The van der Waals surface area contributed by atoms with Crippen molar-refractivity contribution in [3.05, 3.63) is 65.9 Å². The second kappa shape index (κ2) is 8.19. The van der Waals surface area contributed by atoms with Crippen LogP contribution in [0.3, 0.4) is 0 Å². The molecule has 4 aromatic rings. The molecule has 0 fully saturated rings. The molecule has 1 aliphatic heterocycles. The number of benzene rings is 1. The van der Waals surface area contributed by atoms with Gasteiger partial charge in [0, 0.05) is 31.1 Å². The molecular formula is C22H22N6O3S. The maximum Gasteiger partial charge on any atom is 0.253 e. The number of fused-ring (bicyclic) bond motifs is 2. The Hall–Kier alpha value is -3.53. The highest BCUT2D eigenvalue weighted by molar-refractivity contribution is 7.91. The summed E-state index contributed by atoms with van der Waals surface area (Å²) in [6, 6.07) is 8.29. The summed E-state index contributed by atoms with van der Waals surface area (Å²) in [5.74, 6) is 0.572. The molecule has 0 aliphatic carbocycles. The summed E-state index contributed by atoms with van der Waals surface area (Å²) in [5.41, 5.74) is 1.84. The normalized spacial score (nSPS) is 14.1. The van der Waals surface area contributed by atoms with E-state index in [0.29, 0.717) is 17.8 Å². The third-order valence-electron chi connectivity index (χ3n) is 5.70. The zero-order valence-electron chi connectivity index (χ0n) is 17.3. The van der Waals surface area contributed by atoms with Crippen LogP contribution in [0.25, 0.3) is 11.0 Å². The first-order valence-corrected chi connectivity index (χ1v) is 12.0. The minimum absolute atomic E-state index is 0.217. The van der Waals surface area contributed by atoms with Gasteiger partial charge in [-0.25, -0.2) is 18.4 Å². The number of aromatic amines is 1. The average Bonchev–Trinajstić information content (AvgIpc) is 3.38. The molecule has 0 spiro atoms. The Morgan fingerprint density at radius 1 is 1.06 bits per heavy atom. The number of nitrogens with one attached hydrogen (secondary N) is 2. The summed E-state index contributed by atoms with van der Waals surface area (Å²) >= 11 is 0. The molecule has 1 aromatic carbocycles. The Balaban J connectivity index is 1.29. The third-order valence-corrected chi connectivity index (χ3v) is 7.47. The number of aromatic nitrogens is 5. The van der Waals surface area contributed by atoms with Gasteiger partial charge in [-0.15, -0.1) is 0 Å². The first kappa shape index (κ1) is 20.4. The standard InChI is InChI=1S/C22H22N6O3S/c29-22(17-10-16-13-26-27-21(16)24-12-17)25-11-15-5-7-18(8-6-15)32(30,31)20-14-23-19-4-2-1-3-9-28(19)20/h5-8,10,12-14H,1-4,9,11H2,(H,25,29)(H,24,26,27). The molecular weight excluding hydrogens is 428 g/mol. The number of pyridine rings is 1. The predicted octanol–water partition coefficient (Wildman–Crippen LogP) is 2.64. The van der Waals surface area contributed by atoms with E-state index < -0.39 is 9.84 Å². The highest BCUT2D eigenvalue weighted by Crippen LogP contribution is 2.25. The van der Waals surface area contributed by atoms with E-state index >= 15 is 0 Å². The van der Waals surface area contributed by atoms with Crippen LogP contribution in [0.1, 0.15) is 41.0 Å². The minimum atomic E-state index is -3.66. The van der Waals surface area contributed by atoms with E-state index in [4.69, 9.17) is 0 Å². The van der Waals surface area contributed by atoms with Crippen molar-refractivity contribution >= 4 is 26.8 Å². The lowest BCUT2D eigenvalue weighted by molar-refractivity contribution is 0.0950. The second-order valence-corrected chi connectivity index (χ2v) is 9.73. The van der Waals surface area contributed by atoms with Crippen LogP contribution in [0, 0.1) is 0 Å². The first-order chi connectivity index (χ1) is 15.5. The molecule has 0 saturated carbocycles. The number of carbonyl (C=O) groups is 1. The number of sulfone groups is 1. The Bertz CT molecular complexity index is 1390. The number of nitrogens with zero attached hydrogens (tertiary/aromatic N) is 4. The zero-order chi connectivity index (χ0) is 22.1. The number of carbonyl (C=O) groups excluding carboxylic acids is 1. The van der Waals surface area contributed by atoms with Crippen molar-refractivity contribution in [1.29, 1.82) is 0 Å². The lowest BCUT2D eigenvalue weighted by atomic mass is 10.2. The number of rotatable bonds is 5. The number of H-pyrrole nitrogens is 1. The van der Waals surface area contributed by atoms with Crippen LogP contribution in [-0.2, 0) is 29.3 Å². The van der Waals surface area contributed by atoms with E-state index in [1.165, 1.54) is 12.4 Å². The van der Waals surface area contributed by atoms with Crippen molar-refractivity contribution < 1.29 is 13.2 Å². The van der Waals surface area contributed by atoms with Crippen molar-refractivity contribution in [1.82, 2.24) is 30.0 Å². The zero-order valence-corrected chi connectivity index (χ0v) is 18.1. The highest BCUT2D eigenvalue weighted by atomic mass is 32.2. The predicted molar refractivity (Wildman–Crippen MR) is 117 cm³/mol. The molecule has 0 bridgehead atoms. The topological polar surface area (TPSA) is 123 Å². The molecule has 2 N–H and O–H groups in total. The van der Waals surface area contributed by atoms with E-state index in [1.807, 2.05) is 4.57 Å². The molecule has 0 unspecified atom stereocenters. The van der Waals surface area contributed by atoms with Gasteiger partial charge in [0.25, 0.3) is 5.91 Å². The maximum atomic E-state index is 13.2. The summed E-state index contributed by atoms with van der Waals surface area (Å²) in [6.07, 6.45) is 8.43. The molecule has 0 saturated heterocycles. The fourth-order valence-corrected chi connectivity index (χ4v) is 5.35. The van der Waals surface area contributed by atoms with Gasteiger partial charge in [-0.1, -0.05) is 18.6 Å². The van der Waals surface area contributed by atoms with Crippen molar-refractivity contribution in [3.63, 3.8) is 0 Å². The second-order valence-electron chi connectivity index (χ2n) is 7.84. The summed E-state index contributed by atoms with van der Waals surface area (Å²) in [6.45, 7) is 0.943. The molecule has 1 aliphatic rings. The van der Waals surface area contributed by atoms with E-state index in [1.54, 1.807) is 36.5 Å². The number of imidazole rings is 1. The monoisotopic (exact) mass is 450 g/mol. The largest absolute Gasteiger partial charge is 0.348 e. The number of amides is 1. The fraction of sp³-hybridized carbons (Fsp3) is 0.273. The number of hydrogen-bond acceptors (Lipinski definition) is 6. The maximum absolute atomic E-state index is 13.2. The van der Waals surface area contributed by atoms with Crippen LogP contribution in [0.15, 0.2) is 58.8 Å². The van der Waals surface area contributed by atoms with E-state index in [9.17, 15) is 13.2 Å². The van der Waals surface area contributed by atoms with Gasteiger partial charge in [0.15, 0.2) is 10.7 Å². The molecule has 32 heavy (non-hydrogen) atoms. The molecule has 4 heterocycles. The summed E-state index contributed by atoms with van der Waals surface area (Å²) in [4.78, 5) is 21.2. The Morgan fingerprint density at radius 2 is 1.91 bits per heavy atom. The van der Waals surface area contributed by atoms with Gasteiger partial charge in [0.2, 0.25) is 9.84 Å². The third kappa shape index (κ3) is 3.77. The number of aryl methyl sites for hydroxylation is 1. The molecule has 9 nitrogen and oxygen atoms in total. The molecule has 5 rings (SSSR count). The summed E-state index contributed by atoms with van der Waals surface area (Å²) in [7, 11) is -3.66. The average molecular weight is 451 g/mol. The van der Waals surface area contributed by atoms with Gasteiger partial charge in [-0.2, -0.15) is 5.10 Å². The van der Waals surface area contributed by atoms with Gasteiger partial charge >= 0.3 is 0 Å². The van der Waals surface area contributed by atoms with Crippen LogP contribution in [0.5, 0.6) is 0 Å². The van der Waals surface area contributed by atoms with Crippen LogP contribution in [0.2, 0.25) is 0 Å². The molecule has 3 aromatic heterocycles. The van der Waals surface area contributed by atoms with Crippen LogP contribution >= 0.6 is 0 Å². The first-order valence-electron chi connectivity index (χ1n) is 10.5. The van der Waals surface area contributed by atoms with Gasteiger partial charge in [0.1, 0.15) is 5.82 Å². The lowest BCUT2D eigenvalue weighted by Gasteiger charge is -2.10. The Labute approximate surface area is 184 Å². The molecule has 0 atom stereocenters. The van der Waals surface area contributed by atoms with Gasteiger partial charge in [0.05, 0.1) is 22.9 Å². The molecule has 164 valence electrons. The molecule has 10 heteroatoms. The van der Waals surface area contributed by atoms with Gasteiger partial charge in [-0.05, 0) is 36.6 Å². The van der Waals surface area contributed by atoms with Crippen LogP contribution < -0.4 is 5.32 Å². The van der Waals surface area contributed by atoms with E-state index in [2.05, 4.69) is 25.5 Å². The van der Waals surface area contributed by atoms with Gasteiger partial charge in [-0.3, -0.25) is 9.89 Å². The Morgan fingerprint density at radius 3 is 2.75 bits per heavy atom. The molecule has 0 radical (unpaired) electrons. The SMILES string of the molecule is O=C(NCc1ccc(S(=O)(=O)c2cnc3n2CCCCC3)cc1)c1cnc2[nH]ncc2c1. The van der Waals surface area contributed by atoms with Crippen LogP contribution in [-0.4, -0.2) is 39.1 Å². The summed E-state index contributed by atoms with van der Waals surface area (Å²) < 4.78 is 28.2. The highest BCUT2D eigenvalue weighted by Gasteiger charge is 2.25. The smallest absolute Gasteiger partial charge is 0.253 e. The summed E-state index contributed by atoms with van der Waals surface area (Å²) in [5, 5.41) is 10.5. The van der Waals surface area contributed by atoms with Crippen molar-refractivity contribution in [2.75, 3.05) is 0 Å². The molecule has 1 amide bonds. The van der Waals surface area contributed by atoms with Crippen molar-refractivity contribution in [2.24, 2.45) is 0 Å². The Kier molecular flexibility index (Phi) is 5.22.